The average Bonchev–Trinajstić information content (AvgIpc) is 2.27. The Balaban J connectivity index is 2.94. The predicted molar refractivity (Wildman–Crippen MR) is 67.8 cm³/mol. The first kappa shape index (κ1) is 14.3. The van der Waals surface area contributed by atoms with E-state index in [9.17, 15) is 15.0 Å². The van der Waals surface area contributed by atoms with Gasteiger partial charge in [0.2, 0.25) is 0 Å². The maximum absolute atomic E-state index is 12.2. The van der Waals surface area contributed by atoms with Crippen LogP contribution in [0.5, 0.6) is 11.5 Å². The zero-order valence-corrected chi connectivity index (χ0v) is 10.9. The van der Waals surface area contributed by atoms with E-state index in [1.54, 1.807) is 12.0 Å². The van der Waals surface area contributed by atoms with Gasteiger partial charge in [0.25, 0.3) is 5.91 Å². The summed E-state index contributed by atoms with van der Waals surface area (Å²) in [5, 5.41) is 18.8. The minimum absolute atomic E-state index is 0.0112. The minimum Gasteiger partial charge on any atom is -0.508 e. The number of amides is 1. The molecule has 5 heteroatoms. The van der Waals surface area contributed by atoms with E-state index in [1.807, 2.05) is 13.8 Å². The third-order valence-electron chi connectivity index (χ3n) is 2.57. The Bertz CT molecular complexity index is 397. The Kier molecular flexibility index (Phi) is 4.97. The molecule has 0 bridgehead atoms. The van der Waals surface area contributed by atoms with Gasteiger partial charge in [0.1, 0.15) is 11.5 Å². The summed E-state index contributed by atoms with van der Waals surface area (Å²) in [5.41, 5.74) is 0.261. The lowest BCUT2D eigenvalue weighted by Gasteiger charge is -2.26. The van der Waals surface area contributed by atoms with Gasteiger partial charge in [0, 0.05) is 31.3 Å². The Morgan fingerprint density at radius 2 is 1.83 bits per heavy atom. The Morgan fingerprint density at radius 3 is 2.28 bits per heavy atom. The highest BCUT2D eigenvalue weighted by atomic mass is 16.5. The number of phenolic OH excluding ortho intramolecular Hbond substituents is 2. The number of carbonyl (C=O) groups is 1. The molecule has 0 fully saturated rings. The zero-order valence-electron chi connectivity index (χ0n) is 10.9. The van der Waals surface area contributed by atoms with E-state index < -0.39 is 0 Å². The number of benzene rings is 1. The molecule has 1 aromatic rings. The van der Waals surface area contributed by atoms with Gasteiger partial charge in [-0.3, -0.25) is 4.79 Å². The largest absolute Gasteiger partial charge is 0.508 e. The van der Waals surface area contributed by atoms with Crippen molar-refractivity contribution in [2.24, 2.45) is 0 Å². The monoisotopic (exact) mass is 253 g/mol. The number of rotatable bonds is 5. The lowest BCUT2D eigenvalue weighted by molar-refractivity contribution is 0.0634. The minimum atomic E-state index is -0.242. The average molecular weight is 253 g/mol. The highest BCUT2D eigenvalue weighted by Gasteiger charge is 2.19. The third kappa shape index (κ3) is 3.63. The van der Waals surface area contributed by atoms with Crippen molar-refractivity contribution >= 4 is 5.91 Å². The van der Waals surface area contributed by atoms with Crippen LogP contribution in [0.4, 0.5) is 0 Å². The molecule has 0 aliphatic rings. The summed E-state index contributed by atoms with van der Waals surface area (Å²) >= 11 is 0. The van der Waals surface area contributed by atoms with Crippen LogP contribution < -0.4 is 0 Å². The van der Waals surface area contributed by atoms with Gasteiger partial charge in [-0.25, -0.2) is 0 Å². The Morgan fingerprint density at radius 1 is 1.28 bits per heavy atom. The lowest BCUT2D eigenvalue weighted by Crippen LogP contribution is -2.39. The summed E-state index contributed by atoms with van der Waals surface area (Å²) in [4.78, 5) is 13.9. The lowest BCUT2D eigenvalue weighted by atomic mass is 10.1. The summed E-state index contributed by atoms with van der Waals surface area (Å²) < 4.78 is 4.96. The van der Waals surface area contributed by atoms with Crippen LogP contribution in [0.25, 0.3) is 0 Å². The molecule has 0 atom stereocenters. The molecule has 0 saturated heterocycles. The zero-order chi connectivity index (χ0) is 13.7. The normalized spacial score (nSPS) is 10.7. The molecule has 100 valence electrons. The Labute approximate surface area is 107 Å². The second kappa shape index (κ2) is 6.26. The molecule has 1 rings (SSSR count). The number of phenols is 2. The second-order valence-corrected chi connectivity index (χ2v) is 4.32. The maximum atomic E-state index is 12.2. The van der Waals surface area contributed by atoms with Crippen molar-refractivity contribution in [3.63, 3.8) is 0 Å². The van der Waals surface area contributed by atoms with Gasteiger partial charge < -0.3 is 19.8 Å². The first-order valence-corrected chi connectivity index (χ1v) is 5.78. The number of ether oxygens (including phenoxy) is 1. The van der Waals surface area contributed by atoms with Gasteiger partial charge in [-0.05, 0) is 26.0 Å². The fraction of sp³-hybridized carbons (Fsp3) is 0.462. The standard InChI is InChI=1S/C13H19NO4/c1-9(2)14(4-5-18-3)13(17)10-6-11(15)8-12(16)7-10/h6-9,15-16H,4-5H2,1-3H3. The van der Waals surface area contributed by atoms with Crippen LogP contribution in [0.15, 0.2) is 18.2 Å². The van der Waals surface area contributed by atoms with E-state index in [4.69, 9.17) is 4.74 Å². The van der Waals surface area contributed by atoms with E-state index in [-0.39, 0.29) is 29.0 Å². The quantitative estimate of drug-likeness (QED) is 0.836. The maximum Gasteiger partial charge on any atom is 0.254 e. The third-order valence-corrected chi connectivity index (χ3v) is 2.57. The second-order valence-electron chi connectivity index (χ2n) is 4.32. The molecule has 2 N–H and O–H groups in total. The van der Waals surface area contributed by atoms with Crippen molar-refractivity contribution in [1.29, 1.82) is 0 Å². The van der Waals surface area contributed by atoms with Crippen LogP contribution in [0.1, 0.15) is 24.2 Å². The molecule has 5 nitrogen and oxygen atoms in total. The molecule has 1 amide bonds. The number of hydrogen-bond donors (Lipinski definition) is 2. The number of methoxy groups -OCH3 is 1. The fourth-order valence-corrected chi connectivity index (χ4v) is 1.67. The molecule has 0 aliphatic carbocycles. The molecular weight excluding hydrogens is 234 g/mol. The number of hydrogen-bond acceptors (Lipinski definition) is 4. The highest BCUT2D eigenvalue weighted by Crippen LogP contribution is 2.22. The highest BCUT2D eigenvalue weighted by molar-refractivity contribution is 5.95. The predicted octanol–water partition coefficient (Wildman–Crippen LogP) is 1.59. The van der Waals surface area contributed by atoms with Crippen LogP contribution in [0.2, 0.25) is 0 Å². The van der Waals surface area contributed by atoms with E-state index in [2.05, 4.69) is 0 Å². The first-order valence-electron chi connectivity index (χ1n) is 5.78. The van der Waals surface area contributed by atoms with Crippen molar-refractivity contribution in [1.82, 2.24) is 4.90 Å². The number of aromatic hydroxyl groups is 2. The smallest absolute Gasteiger partial charge is 0.254 e. The van der Waals surface area contributed by atoms with Crippen molar-refractivity contribution in [3.05, 3.63) is 23.8 Å². The van der Waals surface area contributed by atoms with Gasteiger partial charge in [-0.15, -0.1) is 0 Å². The van der Waals surface area contributed by atoms with Gasteiger partial charge >= 0.3 is 0 Å². The molecule has 0 spiro atoms. The molecule has 18 heavy (non-hydrogen) atoms. The molecule has 0 heterocycles. The van der Waals surface area contributed by atoms with Gasteiger partial charge in [-0.2, -0.15) is 0 Å². The van der Waals surface area contributed by atoms with E-state index in [0.717, 1.165) is 0 Å². The van der Waals surface area contributed by atoms with E-state index >= 15 is 0 Å². The summed E-state index contributed by atoms with van der Waals surface area (Å²) in [6.45, 7) is 4.70. The van der Waals surface area contributed by atoms with Crippen LogP contribution in [-0.4, -0.2) is 47.3 Å². The SMILES string of the molecule is COCCN(C(=O)c1cc(O)cc(O)c1)C(C)C. The molecule has 0 saturated carbocycles. The summed E-state index contributed by atoms with van der Waals surface area (Å²) in [5.74, 6) is -0.504. The van der Waals surface area contributed by atoms with Crippen LogP contribution in [0.3, 0.4) is 0 Å². The summed E-state index contributed by atoms with van der Waals surface area (Å²) in [6.07, 6.45) is 0. The molecule has 0 radical (unpaired) electrons. The van der Waals surface area contributed by atoms with Crippen LogP contribution >= 0.6 is 0 Å². The molecule has 1 aromatic carbocycles. The van der Waals surface area contributed by atoms with E-state index in [1.165, 1.54) is 18.2 Å². The topological polar surface area (TPSA) is 70.0 Å². The van der Waals surface area contributed by atoms with Crippen molar-refractivity contribution in [2.45, 2.75) is 19.9 Å². The fourth-order valence-electron chi connectivity index (χ4n) is 1.67. The molecule has 0 aromatic heterocycles. The van der Waals surface area contributed by atoms with Crippen LogP contribution in [-0.2, 0) is 4.74 Å². The molecule has 0 unspecified atom stereocenters. The molecule has 0 aliphatic heterocycles. The number of carbonyl (C=O) groups excluding carboxylic acids is 1. The first-order chi connectivity index (χ1) is 8.45. The van der Waals surface area contributed by atoms with Gasteiger partial charge in [0.05, 0.1) is 6.61 Å². The van der Waals surface area contributed by atoms with Crippen molar-refractivity contribution < 1.29 is 19.7 Å². The van der Waals surface area contributed by atoms with Crippen molar-refractivity contribution in [3.8, 4) is 11.5 Å². The Hall–Kier alpha value is -1.75. The van der Waals surface area contributed by atoms with Gasteiger partial charge in [0.15, 0.2) is 0 Å². The van der Waals surface area contributed by atoms with E-state index in [0.29, 0.717) is 13.2 Å². The number of nitrogens with zero attached hydrogens (tertiary/aromatic N) is 1. The molecular formula is C13H19NO4. The summed E-state index contributed by atoms with van der Waals surface area (Å²) in [7, 11) is 1.57. The van der Waals surface area contributed by atoms with Gasteiger partial charge in [-0.1, -0.05) is 0 Å². The van der Waals surface area contributed by atoms with Crippen LogP contribution in [0, 0.1) is 0 Å². The summed E-state index contributed by atoms with van der Waals surface area (Å²) in [6, 6.07) is 3.87. The van der Waals surface area contributed by atoms with Crippen molar-refractivity contribution in [2.75, 3.05) is 20.3 Å².